The molecule has 0 aliphatic carbocycles. The van der Waals surface area contributed by atoms with Crippen LogP contribution >= 0.6 is 11.6 Å². The molecule has 0 aliphatic heterocycles. The SMILES string of the molecule is CC(C)c1nnc2ccc(-c3c(N)n[nH]c3-c3cccc(Cl)c3)cn12. The second-order valence-corrected chi connectivity index (χ2v) is 6.66. The van der Waals surface area contributed by atoms with Gasteiger partial charge in [-0.05, 0) is 24.3 Å². The molecule has 0 unspecified atom stereocenters. The summed E-state index contributed by atoms with van der Waals surface area (Å²) in [7, 11) is 0. The average Bonchev–Trinajstić information content (AvgIpc) is 3.17. The van der Waals surface area contributed by atoms with Crippen LogP contribution < -0.4 is 5.73 Å². The molecule has 7 heteroatoms. The number of nitrogen functional groups attached to an aromatic ring is 1. The van der Waals surface area contributed by atoms with Crippen molar-refractivity contribution < 1.29 is 0 Å². The highest BCUT2D eigenvalue weighted by atomic mass is 35.5. The molecule has 6 nitrogen and oxygen atoms in total. The van der Waals surface area contributed by atoms with Gasteiger partial charge in [0.25, 0.3) is 0 Å². The van der Waals surface area contributed by atoms with Crippen LogP contribution in [0.4, 0.5) is 5.82 Å². The van der Waals surface area contributed by atoms with Crippen LogP contribution in [0.5, 0.6) is 0 Å². The second-order valence-electron chi connectivity index (χ2n) is 6.23. The minimum atomic E-state index is 0.263. The fourth-order valence-electron chi connectivity index (χ4n) is 2.95. The summed E-state index contributed by atoms with van der Waals surface area (Å²) in [5, 5.41) is 16.4. The van der Waals surface area contributed by atoms with Crippen molar-refractivity contribution in [2.24, 2.45) is 0 Å². The topological polar surface area (TPSA) is 84.9 Å². The summed E-state index contributed by atoms with van der Waals surface area (Å²) >= 11 is 6.13. The molecule has 0 saturated carbocycles. The van der Waals surface area contributed by atoms with Crippen molar-refractivity contribution >= 4 is 23.1 Å². The van der Waals surface area contributed by atoms with Gasteiger partial charge in [-0.2, -0.15) is 5.10 Å². The first-order chi connectivity index (χ1) is 12.0. The maximum atomic E-state index is 6.15. The number of benzene rings is 1. The van der Waals surface area contributed by atoms with E-state index < -0.39 is 0 Å². The fraction of sp³-hybridized carbons (Fsp3) is 0.167. The molecule has 0 aliphatic rings. The summed E-state index contributed by atoms with van der Waals surface area (Å²) in [6, 6.07) is 11.5. The molecule has 0 radical (unpaired) electrons. The zero-order valence-electron chi connectivity index (χ0n) is 13.9. The lowest BCUT2D eigenvalue weighted by Crippen LogP contribution is -1.98. The Balaban J connectivity index is 1.92. The van der Waals surface area contributed by atoms with Crippen LogP contribution in [-0.4, -0.2) is 24.8 Å². The Morgan fingerprint density at radius 1 is 1.12 bits per heavy atom. The van der Waals surface area contributed by atoms with Gasteiger partial charge in [0.2, 0.25) is 0 Å². The number of anilines is 1. The molecule has 25 heavy (non-hydrogen) atoms. The van der Waals surface area contributed by atoms with Crippen molar-refractivity contribution in [1.82, 2.24) is 24.8 Å². The van der Waals surface area contributed by atoms with Gasteiger partial charge in [0, 0.05) is 28.3 Å². The Kier molecular flexibility index (Phi) is 3.69. The first-order valence-corrected chi connectivity index (χ1v) is 8.37. The summed E-state index contributed by atoms with van der Waals surface area (Å²) in [4.78, 5) is 0. The molecule has 4 aromatic rings. The van der Waals surface area contributed by atoms with E-state index in [2.05, 4.69) is 34.2 Å². The number of pyridine rings is 1. The number of aromatic amines is 1. The third-order valence-corrected chi connectivity index (χ3v) is 4.38. The number of nitrogens with one attached hydrogen (secondary N) is 1. The lowest BCUT2D eigenvalue weighted by molar-refractivity contribution is 0.759. The van der Waals surface area contributed by atoms with E-state index in [-0.39, 0.29) is 5.92 Å². The third-order valence-electron chi connectivity index (χ3n) is 4.14. The van der Waals surface area contributed by atoms with Crippen LogP contribution in [0.3, 0.4) is 0 Å². The zero-order chi connectivity index (χ0) is 17.6. The number of rotatable bonds is 3. The molecule has 0 spiro atoms. The van der Waals surface area contributed by atoms with Gasteiger partial charge in [-0.3, -0.25) is 9.50 Å². The third kappa shape index (κ3) is 2.64. The molecule has 0 bridgehead atoms. The first kappa shape index (κ1) is 15.7. The number of hydrogen-bond acceptors (Lipinski definition) is 4. The van der Waals surface area contributed by atoms with Crippen LogP contribution in [0.15, 0.2) is 42.6 Å². The molecular formula is C18H17ClN6. The van der Waals surface area contributed by atoms with Gasteiger partial charge in [0.1, 0.15) is 5.82 Å². The van der Waals surface area contributed by atoms with Crippen LogP contribution in [0.1, 0.15) is 25.6 Å². The largest absolute Gasteiger partial charge is 0.382 e. The van der Waals surface area contributed by atoms with Crippen molar-refractivity contribution in [2.75, 3.05) is 5.73 Å². The number of nitrogens with two attached hydrogens (primary N) is 1. The molecule has 4 rings (SSSR count). The monoisotopic (exact) mass is 352 g/mol. The van der Waals surface area contributed by atoms with E-state index >= 15 is 0 Å². The van der Waals surface area contributed by atoms with E-state index in [9.17, 15) is 0 Å². The Bertz CT molecular complexity index is 1060. The Hall–Kier alpha value is -2.86. The molecule has 3 aromatic heterocycles. The smallest absolute Gasteiger partial charge is 0.160 e. The van der Waals surface area contributed by atoms with Gasteiger partial charge in [-0.25, -0.2) is 0 Å². The number of H-pyrrole nitrogens is 1. The number of nitrogens with zero attached hydrogens (tertiary/aromatic N) is 4. The molecule has 1 aromatic carbocycles. The summed E-state index contributed by atoms with van der Waals surface area (Å²) < 4.78 is 1.99. The number of halogens is 1. The first-order valence-electron chi connectivity index (χ1n) is 7.99. The Labute approximate surface area is 149 Å². The van der Waals surface area contributed by atoms with Gasteiger partial charge in [-0.15, -0.1) is 10.2 Å². The van der Waals surface area contributed by atoms with Crippen molar-refractivity contribution in [3.8, 4) is 22.4 Å². The molecule has 126 valence electrons. The molecule has 0 atom stereocenters. The Morgan fingerprint density at radius 3 is 2.72 bits per heavy atom. The van der Waals surface area contributed by atoms with E-state index in [0.717, 1.165) is 33.9 Å². The lowest BCUT2D eigenvalue weighted by atomic mass is 10.0. The average molecular weight is 353 g/mol. The molecule has 0 amide bonds. The maximum absolute atomic E-state index is 6.15. The van der Waals surface area contributed by atoms with Crippen molar-refractivity contribution in [3.63, 3.8) is 0 Å². The van der Waals surface area contributed by atoms with Gasteiger partial charge in [0.05, 0.1) is 11.3 Å². The normalized spacial score (nSPS) is 11.5. The summed E-state index contributed by atoms with van der Waals surface area (Å²) in [5.41, 5.74) is 10.5. The lowest BCUT2D eigenvalue weighted by Gasteiger charge is -2.08. The van der Waals surface area contributed by atoms with E-state index in [1.807, 2.05) is 47.0 Å². The van der Waals surface area contributed by atoms with Crippen LogP contribution in [-0.2, 0) is 0 Å². The van der Waals surface area contributed by atoms with Crippen molar-refractivity contribution in [3.05, 3.63) is 53.4 Å². The Morgan fingerprint density at radius 2 is 1.96 bits per heavy atom. The predicted molar refractivity (Wildman–Crippen MR) is 99.5 cm³/mol. The maximum Gasteiger partial charge on any atom is 0.160 e. The minimum Gasteiger partial charge on any atom is -0.382 e. The van der Waals surface area contributed by atoms with Crippen molar-refractivity contribution in [1.29, 1.82) is 0 Å². The van der Waals surface area contributed by atoms with E-state index in [0.29, 0.717) is 10.8 Å². The van der Waals surface area contributed by atoms with Crippen molar-refractivity contribution in [2.45, 2.75) is 19.8 Å². The summed E-state index contributed by atoms with van der Waals surface area (Å²) in [5.74, 6) is 1.61. The standard InChI is InChI=1S/C18H17ClN6/c1-10(2)18-24-21-14-7-6-12(9-25(14)18)15-16(22-23-17(15)20)11-4-3-5-13(19)8-11/h3-10H,1-2H3,(H3,20,22,23). The molecule has 0 saturated heterocycles. The minimum absolute atomic E-state index is 0.263. The predicted octanol–water partition coefficient (Wildman–Crippen LogP) is 4.15. The number of hydrogen-bond donors (Lipinski definition) is 2. The number of aromatic nitrogens is 5. The van der Waals surface area contributed by atoms with E-state index in [1.54, 1.807) is 0 Å². The van der Waals surface area contributed by atoms with Crippen LogP contribution in [0.25, 0.3) is 28.0 Å². The zero-order valence-corrected chi connectivity index (χ0v) is 14.6. The van der Waals surface area contributed by atoms with E-state index in [4.69, 9.17) is 17.3 Å². The molecular weight excluding hydrogens is 336 g/mol. The highest BCUT2D eigenvalue weighted by Crippen LogP contribution is 2.35. The highest BCUT2D eigenvalue weighted by Gasteiger charge is 2.17. The van der Waals surface area contributed by atoms with Gasteiger partial charge >= 0.3 is 0 Å². The number of fused-ring (bicyclic) bond motifs is 1. The highest BCUT2D eigenvalue weighted by molar-refractivity contribution is 6.30. The van der Waals surface area contributed by atoms with Gasteiger partial charge in [0.15, 0.2) is 11.5 Å². The molecule has 3 heterocycles. The second kappa shape index (κ2) is 5.89. The van der Waals surface area contributed by atoms with E-state index in [1.165, 1.54) is 0 Å². The quantitative estimate of drug-likeness (QED) is 0.580. The summed E-state index contributed by atoms with van der Waals surface area (Å²) in [6.07, 6.45) is 2.00. The summed E-state index contributed by atoms with van der Waals surface area (Å²) in [6.45, 7) is 4.18. The molecule has 3 N–H and O–H groups in total. The van der Waals surface area contributed by atoms with Crippen LogP contribution in [0.2, 0.25) is 5.02 Å². The molecule has 0 fully saturated rings. The van der Waals surface area contributed by atoms with Gasteiger partial charge < -0.3 is 5.73 Å². The fourth-order valence-corrected chi connectivity index (χ4v) is 3.14. The van der Waals surface area contributed by atoms with Gasteiger partial charge in [-0.1, -0.05) is 37.6 Å². The van der Waals surface area contributed by atoms with Crippen LogP contribution in [0, 0.1) is 0 Å².